The predicted octanol–water partition coefficient (Wildman–Crippen LogP) is 6.36. The van der Waals surface area contributed by atoms with E-state index in [9.17, 15) is 4.79 Å². The van der Waals surface area contributed by atoms with Crippen LogP contribution in [0.5, 0.6) is 17.2 Å². The van der Waals surface area contributed by atoms with Crippen molar-refractivity contribution in [2.45, 2.75) is 38.1 Å². The molecule has 1 saturated heterocycles. The molecule has 3 aliphatic rings. The van der Waals surface area contributed by atoms with Crippen LogP contribution in [0, 0.1) is 0 Å². The normalized spacial score (nSPS) is 18.3. The lowest BCUT2D eigenvalue weighted by Crippen LogP contribution is -2.51. The standard InChI is InChI=1S/C32H36N4O3/c1-22(34(3)4)23-8-7-9-25(20-23)38-31(37)36-18-16-35(17-19-36)30-26-21-24(32(2)14-15-32)12-13-28(26)39-29-11-6-5-10-27(29)33-30/h5-13,20-22H,14-19H2,1-4H3. The molecule has 2 heterocycles. The van der Waals surface area contributed by atoms with Crippen LogP contribution in [0.3, 0.4) is 0 Å². The van der Waals surface area contributed by atoms with Gasteiger partial charge in [-0.1, -0.05) is 37.3 Å². The number of rotatable bonds is 4. The fraction of sp³-hybridized carbons (Fsp3) is 0.375. The van der Waals surface area contributed by atoms with Gasteiger partial charge >= 0.3 is 6.09 Å². The first kappa shape index (κ1) is 25.4. The third-order valence-corrected chi connectivity index (χ3v) is 8.39. The second-order valence-electron chi connectivity index (χ2n) is 11.3. The molecule has 2 fully saturated rings. The molecule has 1 unspecified atom stereocenters. The van der Waals surface area contributed by atoms with E-state index in [-0.39, 0.29) is 17.6 Å². The maximum absolute atomic E-state index is 13.1. The van der Waals surface area contributed by atoms with Gasteiger partial charge in [0.15, 0.2) is 5.75 Å². The van der Waals surface area contributed by atoms with Crippen LogP contribution in [0.4, 0.5) is 10.5 Å². The number of nitrogens with zero attached hydrogens (tertiary/aromatic N) is 4. The number of piperazine rings is 1. The Morgan fingerprint density at radius 1 is 0.974 bits per heavy atom. The Balaban J connectivity index is 1.20. The summed E-state index contributed by atoms with van der Waals surface area (Å²) in [6.45, 7) is 6.89. The minimum Gasteiger partial charge on any atom is -0.454 e. The Labute approximate surface area is 230 Å². The van der Waals surface area contributed by atoms with Gasteiger partial charge in [0.05, 0.1) is 5.56 Å². The van der Waals surface area contributed by atoms with Gasteiger partial charge < -0.3 is 24.2 Å². The summed E-state index contributed by atoms with van der Waals surface area (Å²) in [4.78, 5) is 24.4. The minimum atomic E-state index is -0.315. The van der Waals surface area contributed by atoms with Crippen molar-refractivity contribution in [3.8, 4) is 17.2 Å². The molecule has 3 aromatic rings. The molecule has 1 atom stereocenters. The second-order valence-corrected chi connectivity index (χ2v) is 11.3. The monoisotopic (exact) mass is 524 g/mol. The summed E-state index contributed by atoms with van der Waals surface area (Å²) in [5.74, 6) is 3.05. The summed E-state index contributed by atoms with van der Waals surface area (Å²) in [6.07, 6.45) is 2.10. The van der Waals surface area contributed by atoms with E-state index in [1.807, 2.05) is 56.6 Å². The third kappa shape index (κ3) is 5.11. The van der Waals surface area contributed by atoms with Crippen molar-refractivity contribution in [1.29, 1.82) is 0 Å². The highest BCUT2D eigenvalue weighted by atomic mass is 16.6. The molecule has 6 rings (SSSR count). The average molecular weight is 525 g/mol. The van der Waals surface area contributed by atoms with E-state index < -0.39 is 0 Å². The van der Waals surface area contributed by atoms with Crippen molar-refractivity contribution < 1.29 is 14.3 Å². The number of carbonyl (C=O) groups excluding carboxylic acids is 1. The number of para-hydroxylation sites is 2. The Kier molecular flexibility index (Phi) is 6.55. The lowest BCUT2D eigenvalue weighted by atomic mass is 9.95. The lowest BCUT2D eigenvalue weighted by molar-refractivity contribution is 0.130. The van der Waals surface area contributed by atoms with E-state index >= 15 is 0 Å². The first-order valence-electron chi connectivity index (χ1n) is 13.8. The van der Waals surface area contributed by atoms with Crippen molar-refractivity contribution >= 4 is 17.6 Å². The zero-order valence-electron chi connectivity index (χ0n) is 23.2. The summed E-state index contributed by atoms with van der Waals surface area (Å²) in [5.41, 5.74) is 4.51. The van der Waals surface area contributed by atoms with E-state index in [4.69, 9.17) is 14.5 Å². The summed E-state index contributed by atoms with van der Waals surface area (Å²) in [6, 6.07) is 22.5. The molecule has 0 N–H and O–H groups in total. The van der Waals surface area contributed by atoms with Crippen molar-refractivity contribution in [3.63, 3.8) is 0 Å². The average Bonchev–Trinajstić information content (AvgIpc) is 3.73. The van der Waals surface area contributed by atoms with Gasteiger partial charge in [-0.25, -0.2) is 9.79 Å². The smallest absolute Gasteiger partial charge is 0.415 e. The van der Waals surface area contributed by atoms with Crippen LogP contribution in [0.15, 0.2) is 71.7 Å². The number of amidine groups is 1. The van der Waals surface area contributed by atoms with Crippen LogP contribution in [0.25, 0.3) is 0 Å². The Morgan fingerprint density at radius 2 is 1.74 bits per heavy atom. The van der Waals surface area contributed by atoms with Crippen molar-refractivity contribution in [3.05, 3.63) is 83.4 Å². The third-order valence-electron chi connectivity index (χ3n) is 8.39. The van der Waals surface area contributed by atoms with E-state index in [0.717, 1.165) is 34.1 Å². The molecule has 1 amide bonds. The quantitative estimate of drug-likeness (QED) is 0.397. The second kappa shape index (κ2) is 10.0. The van der Waals surface area contributed by atoms with Crippen LogP contribution in [0.2, 0.25) is 0 Å². The van der Waals surface area contributed by atoms with Crippen molar-refractivity contribution in [2.75, 3.05) is 40.3 Å². The van der Waals surface area contributed by atoms with Gasteiger partial charge in [0.2, 0.25) is 0 Å². The number of hydrogen-bond donors (Lipinski definition) is 0. The number of hydrogen-bond acceptors (Lipinski definition) is 6. The van der Waals surface area contributed by atoms with Gasteiger partial charge in [0.25, 0.3) is 0 Å². The lowest BCUT2D eigenvalue weighted by Gasteiger charge is -2.36. The molecule has 7 heteroatoms. The van der Waals surface area contributed by atoms with Crippen LogP contribution in [0.1, 0.15) is 49.4 Å². The molecule has 202 valence electrons. The van der Waals surface area contributed by atoms with E-state index in [1.165, 1.54) is 18.4 Å². The Bertz CT molecular complexity index is 1420. The minimum absolute atomic E-state index is 0.229. The zero-order chi connectivity index (χ0) is 27.1. The molecular formula is C32H36N4O3. The molecule has 1 saturated carbocycles. The fourth-order valence-corrected chi connectivity index (χ4v) is 5.22. The Hall–Kier alpha value is -3.84. The van der Waals surface area contributed by atoms with Gasteiger partial charge in [-0.2, -0.15) is 0 Å². The van der Waals surface area contributed by atoms with Gasteiger partial charge in [0, 0.05) is 32.2 Å². The largest absolute Gasteiger partial charge is 0.454 e. The van der Waals surface area contributed by atoms with Crippen molar-refractivity contribution in [2.24, 2.45) is 4.99 Å². The van der Waals surface area contributed by atoms with E-state index in [0.29, 0.717) is 31.9 Å². The molecule has 0 radical (unpaired) electrons. The van der Waals surface area contributed by atoms with Crippen LogP contribution >= 0.6 is 0 Å². The highest BCUT2D eigenvalue weighted by Crippen LogP contribution is 2.49. The number of benzene rings is 3. The molecule has 0 bridgehead atoms. The highest BCUT2D eigenvalue weighted by Gasteiger charge is 2.40. The molecule has 7 nitrogen and oxygen atoms in total. The summed E-state index contributed by atoms with van der Waals surface area (Å²) in [5, 5.41) is 0. The van der Waals surface area contributed by atoms with E-state index in [2.05, 4.69) is 47.9 Å². The van der Waals surface area contributed by atoms with E-state index in [1.54, 1.807) is 4.90 Å². The highest BCUT2D eigenvalue weighted by molar-refractivity contribution is 6.04. The van der Waals surface area contributed by atoms with Gasteiger partial charge in [0.1, 0.15) is 23.0 Å². The van der Waals surface area contributed by atoms with Crippen LogP contribution in [-0.4, -0.2) is 66.9 Å². The Morgan fingerprint density at radius 3 is 2.49 bits per heavy atom. The van der Waals surface area contributed by atoms with Crippen LogP contribution in [-0.2, 0) is 5.41 Å². The van der Waals surface area contributed by atoms with Gasteiger partial charge in [-0.3, -0.25) is 0 Å². The molecule has 39 heavy (non-hydrogen) atoms. The summed E-state index contributed by atoms with van der Waals surface area (Å²) >= 11 is 0. The molecule has 2 aliphatic heterocycles. The summed E-state index contributed by atoms with van der Waals surface area (Å²) in [7, 11) is 4.08. The first-order chi connectivity index (χ1) is 18.8. The topological polar surface area (TPSA) is 57.6 Å². The first-order valence-corrected chi connectivity index (χ1v) is 13.8. The molecule has 0 spiro atoms. The number of carbonyl (C=O) groups is 1. The molecule has 1 aliphatic carbocycles. The number of fused-ring (bicyclic) bond motifs is 2. The van der Waals surface area contributed by atoms with Gasteiger partial charge in [-0.15, -0.1) is 0 Å². The zero-order valence-corrected chi connectivity index (χ0v) is 23.2. The predicted molar refractivity (Wildman–Crippen MR) is 153 cm³/mol. The number of amides is 1. The summed E-state index contributed by atoms with van der Waals surface area (Å²) < 4.78 is 12.1. The van der Waals surface area contributed by atoms with Crippen molar-refractivity contribution in [1.82, 2.24) is 14.7 Å². The fourth-order valence-electron chi connectivity index (χ4n) is 5.22. The van der Waals surface area contributed by atoms with Crippen LogP contribution < -0.4 is 9.47 Å². The number of aliphatic imine (C=N–C) groups is 1. The molecule has 3 aromatic carbocycles. The molecular weight excluding hydrogens is 488 g/mol. The SMILES string of the molecule is CC(c1cccc(OC(=O)N2CCN(C3=Nc4ccccc4Oc4ccc(C5(C)CC5)cc43)CC2)c1)N(C)C. The number of ether oxygens (including phenoxy) is 2. The maximum atomic E-state index is 13.1. The maximum Gasteiger partial charge on any atom is 0.415 e. The molecule has 0 aromatic heterocycles. The van der Waals surface area contributed by atoms with Gasteiger partial charge in [-0.05, 0) is 86.8 Å².